The molecule has 0 atom stereocenters. The van der Waals surface area contributed by atoms with E-state index in [1.807, 2.05) is 32.0 Å². The number of nitrogens with zero attached hydrogens (tertiary/aromatic N) is 1. The molecule has 22 heavy (non-hydrogen) atoms. The zero-order chi connectivity index (χ0) is 15.9. The molecule has 0 bridgehead atoms. The van der Waals surface area contributed by atoms with Gasteiger partial charge < -0.3 is 4.74 Å². The highest BCUT2D eigenvalue weighted by Gasteiger charge is 2.33. The number of fused-ring (bicyclic) bond motifs is 1. The SMILES string of the molecule is COc1ccc2c(c1)=C(C(=O)c1ccc(Cl)cc1)C(C)(C)N=2. The molecule has 2 aromatic rings. The van der Waals surface area contributed by atoms with Crippen LogP contribution in [-0.4, -0.2) is 18.4 Å². The fraction of sp³-hybridized carbons (Fsp3) is 0.222. The van der Waals surface area contributed by atoms with Crippen LogP contribution in [0, 0.1) is 0 Å². The Morgan fingerprint density at radius 3 is 2.45 bits per heavy atom. The number of ketones is 1. The van der Waals surface area contributed by atoms with Gasteiger partial charge in [-0.1, -0.05) is 11.6 Å². The van der Waals surface area contributed by atoms with E-state index in [-0.39, 0.29) is 5.78 Å². The summed E-state index contributed by atoms with van der Waals surface area (Å²) in [6.45, 7) is 3.89. The molecule has 4 heteroatoms. The number of methoxy groups -OCH3 is 1. The molecule has 0 N–H and O–H groups in total. The van der Waals surface area contributed by atoms with E-state index in [1.54, 1.807) is 31.4 Å². The molecule has 112 valence electrons. The fourth-order valence-electron chi connectivity index (χ4n) is 2.77. The predicted molar refractivity (Wildman–Crippen MR) is 87.0 cm³/mol. The zero-order valence-corrected chi connectivity index (χ0v) is 13.4. The molecule has 0 radical (unpaired) electrons. The van der Waals surface area contributed by atoms with Gasteiger partial charge in [0.15, 0.2) is 5.78 Å². The first kappa shape index (κ1) is 14.8. The van der Waals surface area contributed by atoms with Crippen molar-refractivity contribution in [2.45, 2.75) is 19.4 Å². The first-order valence-corrected chi connectivity index (χ1v) is 7.39. The van der Waals surface area contributed by atoms with E-state index in [0.29, 0.717) is 21.9 Å². The summed E-state index contributed by atoms with van der Waals surface area (Å²) >= 11 is 5.90. The van der Waals surface area contributed by atoms with Crippen molar-refractivity contribution in [3.63, 3.8) is 0 Å². The Hall–Kier alpha value is -2.13. The number of halogens is 1. The van der Waals surface area contributed by atoms with E-state index in [4.69, 9.17) is 16.3 Å². The number of hydrogen-bond donors (Lipinski definition) is 0. The quantitative estimate of drug-likeness (QED) is 0.817. The van der Waals surface area contributed by atoms with Gasteiger partial charge in [0.2, 0.25) is 0 Å². The maximum Gasteiger partial charge on any atom is 0.192 e. The molecule has 0 amide bonds. The van der Waals surface area contributed by atoms with Gasteiger partial charge in [0.1, 0.15) is 5.75 Å². The van der Waals surface area contributed by atoms with Crippen molar-refractivity contribution in [3.8, 4) is 5.75 Å². The minimum atomic E-state index is -0.564. The highest BCUT2D eigenvalue weighted by atomic mass is 35.5. The highest BCUT2D eigenvalue weighted by Crippen LogP contribution is 2.27. The normalized spacial score (nSPS) is 15.2. The van der Waals surface area contributed by atoms with Crippen LogP contribution < -0.4 is 15.3 Å². The maximum atomic E-state index is 13.0. The Labute approximate surface area is 133 Å². The predicted octanol–water partition coefficient (Wildman–Crippen LogP) is 2.79. The van der Waals surface area contributed by atoms with Crippen LogP contribution in [0.5, 0.6) is 5.75 Å². The van der Waals surface area contributed by atoms with Crippen LogP contribution in [0.25, 0.3) is 5.57 Å². The molecular weight excluding hydrogens is 298 g/mol. The first-order valence-electron chi connectivity index (χ1n) is 7.01. The molecule has 1 aliphatic heterocycles. The monoisotopic (exact) mass is 313 g/mol. The molecule has 2 aromatic carbocycles. The van der Waals surface area contributed by atoms with E-state index in [0.717, 1.165) is 10.6 Å². The average Bonchev–Trinajstić information content (AvgIpc) is 2.76. The summed E-state index contributed by atoms with van der Waals surface area (Å²) in [7, 11) is 1.61. The van der Waals surface area contributed by atoms with Gasteiger partial charge in [-0.15, -0.1) is 0 Å². The van der Waals surface area contributed by atoms with Crippen molar-refractivity contribution in [2.24, 2.45) is 4.99 Å². The van der Waals surface area contributed by atoms with Crippen molar-refractivity contribution in [3.05, 3.63) is 63.6 Å². The van der Waals surface area contributed by atoms with Crippen LogP contribution in [-0.2, 0) is 0 Å². The fourth-order valence-corrected chi connectivity index (χ4v) is 2.90. The minimum Gasteiger partial charge on any atom is -0.497 e. The second-order valence-electron chi connectivity index (χ2n) is 5.76. The maximum absolute atomic E-state index is 13.0. The number of carbonyl (C=O) groups excluding carboxylic acids is 1. The van der Waals surface area contributed by atoms with Crippen LogP contribution in [0.2, 0.25) is 5.02 Å². The molecule has 0 aliphatic carbocycles. The number of ether oxygens (including phenoxy) is 1. The van der Waals surface area contributed by atoms with Crippen LogP contribution in [0.4, 0.5) is 0 Å². The number of benzene rings is 2. The standard InChI is InChI=1S/C18H16ClNO2/c1-18(2)16(17(21)11-4-6-12(19)7-5-11)14-10-13(22-3)8-9-15(14)20-18/h4-10H,1-3H3. The summed E-state index contributed by atoms with van der Waals surface area (Å²) in [5.41, 5.74) is 0.730. The van der Waals surface area contributed by atoms with Gasteiger partial charge in [0.05, 0.1) is 18.0 Å². The second kappa shape index (κ2) is 5.25. The van der Waals surface area contributed by atoms with Crippen LogP contribution >= 0.6 is 11.6 Å². The third-order valence-electron chi connectivity index (χ3n) is 3.82. The molecule has 0 fully saturated rings. The van der Waals surface area contributed by atoms with E-state index >= 15 is 0 Å². The third kappa shape index (κ3) is 2.42. The Bertz CT molecular complexity index is 867. The molecule has 0 spiro atoms. The second-order valence-corrected chi connectivity index (χ2v) is 6.20. The van der Waals surface area contributed by atoms with E-state index in [9.17, 15) is 4.79 Å². The average molecular weight is 314 g/mol. The summed E-state index contributed by atoms with van der Waals surface area (Å²) < 4.78 is 5.27. The van der Waals surface area contributed by atoms with Gasteiger partial charge in [-0.3, -0.25) is 9.79 Å². The lowest BCUT2D eigenvalue weighted by molar-refractivity contribution is 0.104. The van der Waals surface area contributed by atoms with Gasteiger partial charge in [-0.2, -0.15) is 0 Å². The van der Waals surface area contributed by atoms with Crippen molar-refractivity contribution in [2.75, 3.05) is 7.11 Å². The van der Waals surface area contributed by atoms with Crippen molar-refractivity contribution in [1.29, 1.82) is 0 Å². The lowest BCUT2D eigenvalue weighted by Gasteiger charge is -2.19. The number of Topliss-reactive ketones (excluding diaryl/α,β-unsaturated/α-hetero) is 1. The summed E-state index contributed by atoms with van der Waals surface area (Å²) in [4.78, 5) is 17.6. The molecule has 3 nitrogen and oxygen atoms in total. The lowest BCUT2D eigenvalue weighted by Crippen LogP contribution is -2.28. The van der Waals surface area contributed by atoms with E-state index < -0.39 is 5.54 Å². The number of carbonyl (C=O) groups is 1. The van der Waals surface area contributed by atoms with Crippen molar-refractivity contribution >= 4 is 23.0 Å². The summed E-state index contributed by atoms with van der Waals surface area (Å²) in [6.07, 6.45) is 0. The smallest absolute Gasteiger partial charge is 0.192 e. The summed E-state index contributed by atoms with van der Waals surface area (Å²) in [6, 6.07) is 12.5. The number of rotatable bonds is 3. The van der Waals surface area contributed by atoms with E-state index in [1.165, 1.54) is 0 Å². The molecule has 1 aliphatic rings. The third-order valence-corrected chi connectivity index (χ3v) is 4.07. The van der Waals surface area contributed by atoms with Crippen molar-refractivity contribution < 1.29 is 9.53 Å². The van der Waals surface area contributed by atoms with Crippen LogP contribution in [0.3, 0.4) is 0 Å². The Morgan fingerprint density at radius 1 is 1.14 bits per heavy atom. The Balaban J connectivity index is 2.23. The van der Waals surface area contributed by atoms with Gasteiger partial charge in [-0.05, 0) is 56.3 Å². The van der Waals surface area contributed by atoms with E-state index in [2.05, 4.69) is 4.99 Å². The van der Waals surface area contributed by atoms with Crippen LogP contribution in [0.1, 0.15) is 24.2 Å². The first-order chi connectivity index (χ1) is 10.4. The topological polar surface area (TPSA) is 38.7 Å². The highest BCUT2D eigenvalue weighted by molar-refractivity contribution is 6.31. The molecule has 3 rings (SSSR count). The molecule has 0 aromatic heterocycles. The van der Waals surface area contributed by atoms with Crippen molar-refractivity contribution in [1.82, 2.24) is 0 Å². The Morgan fingerprint density at radius 2 is 1.82 bits per heavy atom. The molecule has 1 heterocycles. The minimum absolute atomic E-state index is 0.0302. The van der Waals surface area contributed by atoms with Gasteiger partial charge in [0.25, 0.3) is 0 Å². The molecule has 0 saturated carbocycles. The zero-order valence-electron chi connectivity index (χ0n) is 12.7. The lowest BCUT2D eigenvalue weighted by atomic mass is 9.88. The molecule has 0 saturated heterocycles. The molecular formula is C18H16ClNO2. The van der Waals surface area contributed by atoms with Gasteiger partial charge >= 0.3 is 0 Å². The van der Waals surface area contributed by atoms with Gasteiger partial charge in [-0.25, -0.2) is 0 Å². The van der Waals surface area contributed by atoms with Crippen LogP contribution in [0.15, 0.2) is 47.5 Å². The largest absolute Gasteiger partial charge is 0.497 e. The number of hydrogen-bond acceptors (Lipinski definition) is 3. The summed E-state index contributed by atoms with van der Waals surface area (Å²) in [5, 5.41) is 2.27. The molecule has 0 unspecified atom stereocenters. The van der Waals surface area contributed by atoms with Gasteiger partial charge in [0, 0.05) is 21.4 Å². The summed E-state index contributed by atoms with van der Waals surface area (Å²) in [5.74, 6) is 0.686. The Kier molecular flexibility index (Phi) is 3.53.